The highest BCUT2D eigenvalue weighted by Crippen LogP contribution is 2.49. The molecule has 0 fully saturated rings. The van der Waals surface area contributed by atoms with Gasteiger partial charge >= 0.3 is 0 Å². The van der Waals surface area contributed by atoms with Gasteiger partial charge in [0.05, 0.1) is 12.3 Å². The predicted octanol–water partition coefficient (Wildman–Crippen LogP) is 0.707. The molecule has 2 aromatic rings. The molecule has 2 heterocycles. The lowest BCUT2D eigenvalue weighted by atomic mass is 10.3. The largest absolute Gasteiger partial charge is 0.503 e. The van der Waals surface area contributed by atoms with Crippen LogP contribution >= 0.6 is 7.37 Å². The Morgan fingerprint density at radius 2 is 1.85 bits per heavy atom. The van der Waals surface area contributed by atoms with Gasteiger partial charge in [-0.25, -0.2) is 9.55 Å². The first-order valence-corrected chi connectivity index (χ1v) is 8.06. The molecule has 106 valence electrons. The number of hydrogen-bond donors (Lipinski definition) is 3. The fourth-order valence-electron chi connectivity index (χ4n) is 1.92. The Kier molecular flexibility index (Phi) is 4.06. The highest BCUT2D eigenvalue weighted by atomic mass is 31.2. The van der Waals surface area contributed by atoms with E-state index in [2.05, 4.69) is 4.98 Å². The molecule has 4 N–H and O–H groups in total. The topological polar surface area (TPSA) is 95.8 Å². The summed E-state index contributed by atoms with van der Waals surface area (Å²) in [6.45, 7) is 0. The van der Waals surface area contributed by atoms with E-state index in [-0.39, 0.29) is 23.8 Å². The molecule has 0 aromatic carbocycles. The van der Waals surface area contributed by atoms with Crippen molar-refractivity contribution in [3.8, 4) is 11.5 Å². The maximum absolute atomic E-state index is 12.3. The molecule has 1 atom stereocenters. The summed E-state index contributed by atoms with van der Waals surface area (Å²) < 4.78 is 13.9. The van der Waals surface area contributed by atoms with E-state index in [9.17, 15) is 19.7 Å². The second-order valence-corrected chi connectivity index (χ2v) is 7.06. The second-order valence-electron chi connectivity index (χ2n) is 4.74. The maximum atomic E-state index is 12.3. The Morgan fingerprint density at radius 3 is 2.45 bits per heavy atom. The van der Waals surface area contributed by atoms with E-state index >= 15 is 0 Å². The van der Waals surface area contributed by atoms with Crippen LogP contribution in [0.3, 0.4) is 0 Å². The average molecular weight is 296 g/mol. The third-order valence-electron chi connectivity index (χ3n) is 2.93. The van der Waals surface area contributed by atoms with Gasteiger partial charge in [-0.1, -0.05) is 0 Å². The first kappa shape index (κ1) is 14.5. The average Bonchev–Trinajstić information content (AvgIpc) is 2.35. The van der Waals surface area contributed by atoms with Crippen molar-refractivity contribution in [3.05, 3.63) is 48.0 Å². The normalized spacial score (nSPS) is 13.9. The fourth-order valence-corrected chi connectivity index (χ4v) is 3.63. The molecule has 0 saturated heterocycles. The minimum atomic E-state index is -3.55. The van der Waals surface area contributed by atoms with Gasteiger partial charge < -0.3 is 15.1 Å². The zero-order valence-electron chi connectivity index (χ0n) is 11.0. The zero-order chi connectivity index (χ0) is 14.8. The van der Waals surface area contributed by atoms with Crippen LogP contribution in [0.5, 0.6) is 11.5 Å². The molecule has 2 aromatic heterocycles. The van der Waals surface area contributed by atoms with E-state index in [4.69, 9.17) is 0 Å². The molecule has 0 aliphatic heterocycles. The molecule has 0 spiro atoms. The minimum Gasteiger partial charge on any atom is -0.503 e. The number of aromatic hydroxyl groups is 2. The van der Waals surface area contributed by atoms with Gasteiger partial charge in [-0.3, -0.25) is 4.57 Å². The van der Waals surface area contributed by atoms with Crippen LogP contribution in [0.25, 0.3) is 0 Å². The van der Waals surface area contributed by atoms with Crippen LogP contribution in [0.4, 0.5) is 0 Å². The number of nitrogens with zero attached hydrogens (tertiary/aromatic N) is 1. The third-order valence-corrected chi connectivity index (χ3v) is 4.60. The van der Waals surface area contributed by atoms with Gasteiger partial charge in [0, 0.05) is 23.3 Å². The van der Waals surface area contributed by atoms with Gasteiger partial charge in [-0.15, -0.1) is 0 Å². The van der Waals surface area contributed by atoms with E-state index in [1.54, 1.807) is 36.1 Å². The number of pyridine rings is 2. The first-order chi connectivity index (χ1) is 9.37. The molecule has 0 bridgehead atoms. The molecular formula is C13H17N2O4P+2. The summed E-state index contributed by atoms with van der Waals surface area (Å²) in [6.07, 6.45) is 5.82. The third kappa shape index (κ3) is 3.56. The van der Waals surface area contributed by atoms with Crippen LogP contribution in [-0.2, 0) is 23.9 Å². The Labute approximate surface area is 116 Å². The van der Waals surface area contributed by atoms with Crippen LogP contribution in [0, 0.1) is 0 Å². The smallest absolute Gasteiger partial charge is 0.211 e. The molecule has 6 nitrogen and oxygen atoms in total. The van der Waals surface area contributed by atoms with Gasteiger partial charge in [-0.05, 0) is 0 Å². The second kappa shape index (κ2) is 5.61. The summed E-state index contributed by atoms with van der Waals surface area (Å²) in [5.74, 6) is -0.0691. The summed E-state index contributed by atoms with van der Waals surface area (Å²) in [5.41, 5.74) is 0.812. The summed E-state index contributed by atoms with van der Waals surface area (Å²) in [4.78, 5) is 12.7. The van der Waals surface area contributed by atoms with Crippen molar-refractivity contribution in [1.82, 2.24) is 0 Å². The SMILES string of the molecule is C[n+]1ccc(CP(=O)(O)Cc2cc[nH+]cc2O)c(O)c1. The number of hydrogen-bond acceptors (Lipinski definition) is 3. The lowest BCUT2D eigenvalue weighted by molar-refractivity contribution is -0.671. The Balaban J connectivity index is 2.19. The lowest BCUT2D eigenvalue weighted by Gasteiger charge is -2.12. The molecule has 0 aliphatic rings. The number of aryl methyl sites for hydroxylation is 1. The standard InChI is InChI=1S/C13H15N2O4P/c1-15-5-3-11(13(17)7-15)9-20(18,19)8-10-2-4-14-6-12(10)16/h2-7H,8-9H2,1H3,(H2-,16,17,18,19)/p+2. The van der Waals surface area contributed by atoms with Crippen LogP contribution in [0.15, 0.2) is 36.9 Å². The van der Waals surface area contributed by atoms with Crippen molar-refractivity contribution in [3.63, 3.8) is 0 Å². The number of aromatic nitrogens is 2. The monoisotopic (exact) mass is 296 g/mol. The van der Waals surface area contributed by atoms with Gasteiger partial charge in [0.25, 0.3) is 0 Å². The summed E-state index contributed by atoms with van der Waals surface area (Å²) in [7, 11) is -1.80. The molecule has 0 saturated carbocycles. The lowest BCUT2D eigenvalue weighted by Crippen LogP contribution is -2.26. The van der Waals surface area contributed by atoms with Crippen molar-refractivity contribution in [2.45, 2.75) is 12.3 Å². The van der Waals surface area contributed by atoms with Crippen LogP contribution in [0.2, 0.25) is 0 Å². The van der Waals surface area contributed by atoms with Crippen LogP contribution in [-0.4, -0.2) is 15.1 Å². The molecule has 0 radical (unpaired) electrons. The molecule has 0 amide bonds. The van der Waals surface area contributed by atoms with Crippen molar-refractivity contribution < 1.29 is 29.2 Å². The molecule has 2 rings (SSSR count). The van der Waals surface area contributed by atoms with Gasteiger partial charge in [0.15, 0.2) is 23.9 Å². The van der Waals surface area contributed by atoms with Crippen molar-refractivity contribution in [2.24, 2.45) is 7.05 Å². The highest BCUT2D eigenvalue weighted by Gasteiger charge is 2.24. The predicted molar refractivity (Wildman–Crippen MR) is 71.2 cm³/mol. The van der Waals surface area contributed by atoms with E-state index in [1.807, 2.05) is 0 Å². The first-order valence-electron chi connectivity index (χ1n) is 6.03. The molecular weight excluding hydrogens is 279 g/mol. The maximum Gasteiger partial charge on any atom is 0.211 e. The quantitative estimate of drug-likeness (QED) is 0.572. The zero-order valence-corrected chi connectivity index (χ0v) is 11.9. The van der Waals surface area contributed by atoms with Gasteiger partial charge in [0.2, 0.25) is 19.8 Å². The van der Waals surface area contributed by atoms with Crippen molar-refractivity contribution in [2.75, 3.05) is 0 Å². The van der Waals surface area contributed by atoms with E-state index in [0.717, 1.165) is 0 Å². The summed E-state index contributed by atoms with van der Waals surface area (Å²) in [5, 5.41) is 19.4. The summed E-state index contributed by atoms with van der Waals surface area (Å²) >= 11 is 0. The fraction of sp³-hybridized carbons (Fsp3) is 0.231. The minimum absolute atomic E-state index is 0.0186. The number of nitrogens with one attached hydrogen (secondary N) is 1. The van der Waals surface area contributed by atoms with Crippen molar-refractivity contribution in [1.29, 1.82) is 0 Å². The van der Waals surface area contributed by atoms with E-state index in [1.165, 1.54) is 12.4 Å². The number of aromatic amines is 1. The number of rotatable bonds is 4. The Hall–Kier alpha value is -1.91. The Morgan fingerprint density at radius 1 is 1.20 bits per heavy atom. The van der Waals surface area contributed by atoms with Crippen molar-refractivity contribution >= 4 is 7.37 Å². The van der Waals surface area contributed by atoms with Gasteiger partial charge in [0.1, 0.15) is 7.05 Å². The van der Waals surface area contributed by atoms with E-state index in [0.29, 0.717) is 11.1 Å². The van der Waals surface area contributed by atoms with Crippen LogP contribution in [0.1, 0.15) is 11.1 Å². The summed E-state index contributed by atoms with van der Waals surface area (Å²) in [6, 6.07) is 3.17. The molecule has 20 heavy (non-hydrogen) atoms. The van der Waals surface area contributed by atoms with Crippen LogP contribution < -0.4 is 9.55 Å². The molecule has 7 heteroatoms. The molecule has 0 aliphatic carbocycles. The van der Waals surface area contributed by atoms with E-state index < -0.39 is 7.37 Å². The Bertz CT molecular complexity index is 675. The highest BCUT2D eigenvalue weighted by molar-refractivity contribution is 7.56. The van der Waals surface area contributed by atoms with Gasteiger partial charge in [-0.2, -0.15) is 0 Å². The number of H-pyrrole nitrogens is 1. The molecule has 1 unspecified atom stereocenters.